The summed E-state index contributed by atoms with van der Waals surface area (Å²) in [6, 6.07) is 23.3. The van der Waals surface area contributed by atoms with Crippen LogP contribution in [0.1, 0.15) is 11.5 Å². The summed E-state index contributed by atoms with van der Waals surface area (Å²) >= 11 is 1.93. The van der Waals surface area contributed by atoms with Crippen molar-refractivity contribution in [3.63, 3.8) is 0 Å². The molecule has 1 aliphatic rings. The largest absolute Gasteiger partial charge is 0.492 e. The van der Waals surface area contributed by atoms with Crippen molar-refractivity contribution in [2.45, 2.75) is 10.8 Å². The molecular weight excluding hydrogens is 276 g/mol. The lowest BCUT2D eigenvalue weighted by Crippen LogP contribution is -2.09. The Morgan fingerprint density at radius 1 is 0.905 bits per heavy atom. The second-order valence-electron chi connectivity index (χ2n) is 5.33. The number of thioether (sulfide) groups is 1. The van der Waals surface area contributed by atoms with Gasteiger partial charge in [-0.1, -0.05) is 54.6 Å². The molecule has 21 heavy (non-hydrogen) atoms. The van der Waals surface area contributed by atoms with Crippen molar-refractivity contribution >= 4 is 22.5 Å². The normalized spacial score (nSPS) is 16.9. The van der Waals surface area contributed by atoms with Crippen molar-refractivity contribution in [1.29, 1.82) is 0 Å². The lowest BCUT2D eigenvalue weighted by atomic mass is 10.0. The molecule has 1 heterocycles. The zero-order chi connectivity index (χ0) is 14.1. The van der Waals surface area contributed by atoms with E-state index in [4.69, 9.17) is 4.74 Å². The van der Waals surface area contributed by atoms with Crippen LogP contribution < -0.4 is 4.74 Å². The fourth-order valence-electron chi connectivity index (χ4n) is 2.88. The summed E-state index contributed by atoms with van der Waals surface area (Å²) in [5, 5.41) is 2.43. The molecule has 1 unspecified atom stereocenters. The number of rotatable bonds is 3. The van der Waals surface area contributed by atoms with E-state index >= 15 is 0 Å². The maximum absolute atomic E-state index is 6.15. The third kappa shape index (κ3) is 2.40. The Balaban J connectivity index is 1.57. The molecule has 4 rings (SSSR count). The fraction of sp³-hybridized carbons (Fsp3) is 0.158. The summed E-state index contributed by atoms with van der Waals surface area (Å²) in [6.45, 7) is 0.748. The van der Waals surface area contributed by atoms with Gasteiger partial charge in [-0.15, -0.1) is 11.8 Å². The first-order chi connectivity index (χ1) is 10.4. The van der Waals surface area contributed by atoms with E-state index < -0.39 is 0 Å². The van der Waals surface area contributed by atoms with E-state index in [1.807, 2.05) is 11.8 Å². The minimum absolute atomic E-state index is 0.491. The number of benzene rings is 3. The van der Waals surface area contributed by atoms with Gasteiger partial charge in [-0.2, -0.15) is 0 Å². The van der Waals surface area contributed by atoms with E-state index in [2.05, 4.69) is 66.7 Å². The number of fused-ring (bicyclic) bond motifs is 2. The third-order valence-corrected chi connectivity index (χ3v) is 5.24. The Morgan fingerprint density at radius 2 is 1.71 bits per heavy atom. The number of hydrogen-bond donors (Lipinski definition) is 0. The molecule has 1 atom stereocenters. The zero-order valence-electron chi connectivity index (χ0n) is 11.7. The number of ether oxygens (including phenoxy) is 1. The second-order valence-corrected chi connectivity index (χ2v) is 6.40. The topological polar surface area (TPSA) is 9.23 Å². The van der Waals surface area contributed by atoms with Crippen LogP contribution in [0.2, 0.25) is 0 Å². The fourth-order valence-corrected chi connectivity index (χ4v) is 4.11. The van der Waals surface area contributed by atoms with Crippen LogP contribution >= 0.6 is 11.8 Å². The van der Waals surface area contributed by atoms with Crippen LogP contribution in [0.4, 0.5) is 0 Å². The smallest absolute Gasteiger partial charge is 0.127 e. The molecule has 104 valence electrons. The first-order valence-corrected chi connectivity index (χ1v) is 8.23. The second kappa shape index (κ2) is 5.45. The molecule has 0 radical (unpaired) electrons. The van der Waals surface area contributed by atoms with Crippen molar-refractivity contribution in [3.8, 4) is 5.75 Å². The molecule has 0 aromatic heterocycles. The van der Waals surface area contributed by atoms with Gasteiger partial charge in [0.2, 0.25) is 0 Å². The average molecular weight is 292 g/mol. The van der Waals surface area contributed by atoms with Crippen LogP contribution in [0.5, 0.6) is 5.75 Å². The van der Waals surface area contributed by atoms with Gasteiger partial charge in [0.1, 0.15) is 5.75 Å². The van der Waals surface area contributed by atoms with Crippen molar-refractivity contribution < 1.29 is 4.74 Å². The van der Waals surface area contributed by atoms with Gasteiger partial charge < -0.3 is 4.74 Å². The minimum atomic E-state index is 0.491. The van der Waals surface area contributed by atoms with Crippen LogP contribution in [-0.2, 0) is 0 Å². The van der Waals surface area contributed by atoms with Crippen LogP contribution in [-0.4, -0.2) is 12.4 Å². The lowest BCUT2D eigenvalue weighted by Gasteiger charge is -2.14. The monoisotopic (exact) mass is 292 g/mol. The maximum Gasteiger partial charge on any atom is 0.127 e. The quantitative estimate of drug-likeness (QED) is 0.663. The van der Waals surface area contributed by atoms with E-state index in [-0.39, 0.29) is 0 Å². The highest BCUT2D eigenvalue weighted by atomic mass is 32.2. The third-order valence-electron chi connectivity index (χ3n) is 3.99. The van der Waals surface area contributed by atoms with E-state index in [0.29, 0.717) is 5.92 Å². The Hall–Kier alpha value is -1.93. The summed E-state index contributed by atoms with van der Waals surface area (Å²) in [5.74, 6) is 2.59. The van der Waals surface area contributed by atoms with E-state index in [9.17, 15) is 0 Å². The maximum atomic E-state index is 6.15. The van der Waals surface area contributed by atoms with Crippen LogP contribution in [0.15, 0.2) is 71.6 Å². The molecule has 0 saturated heterocycles. The van der Waals surface area contributed by atoms with E-state index in [1.54, 1.807) is 0 Å². The molecular formula is C19H16OS. The molecule has 1 aliphatic heterocycles. The van der Waals surface area contributed by atoms with Gasteiger partial charge >= 0.3 is 0 Å². The molecule has 0 fully saturated rings. The highest BCUT2D eigenvalue weighted by Crippen LogP contribution is 2.39. The molecule has 3 aromatic carbocycles. The van der Waals surface area contributed by atoms with Crippen molar-refractivity contribution in [2.75, 3.05) is 12.4 Å². The molecule has 0 spiro atoms. The van der Waals surface area contributed by atoms with E-state index in [1.165, 1.54) is 21.2 Å². The average Bonchev–Trinajstić information content (AvgIpc) is 2.96. The van der Waals surface area contributed by atoms with Gasteiger partial charge in [0.15, 0.2) is 0 Å². The van der Waals surface area contributed by atoms with Gasteiger partial charge in [0, 0.05) is 22.0 Å². The van der Waals surface area contributed by atoms with Gasteiger partial charge in [-0.05, 0) is 23.1 Å². The van der Waals surface area contributed by atoms with Crippen molar-refractivity contribution in [3.05, 3.63) is 72.3 Å². The predicted molar refractivity (Wildman–Crippen MR) is 89.4 cm³/mol. The summed E-state index contributed by atoms with van der Waals surface area (Å²) in [5.41, 5.74) is 1.43. The summed E-state index contributed by atoms with van der Waals surface area (Å²) in [6.07, 6.45) is 0. The predicted octanol–water partition coefficient (Wildman–Crippen LogP) is 5.11. The first kappa shape index (κ1) is 12.8. The Morgan fingerprint density at radius 3 is 2.71 bits per heavy atom. The van der Waals surface area contributed by atoms with Gasteiger partial charge in [0.05, 0.1) is 6.61 Å². The summed E-state index contributed by atoms with van der Waals surface area (Å²) < 4.78 is 6.15. The van der Waals surface area contributed by atoms with E-state index in [0.717, 1.165) is 18.1 Å². The SMILES string of the molecule is c1ccc2c(c1)SCC2COc1cccc2ccccc12. The Bertz CT molecular complexity index is 776. The zero-order valence-corrected chi connectivity index (χ0v) is 12.5. The van der Waals surface area contributed by atoms with Gasteiger partial charge in [-0.3, -0.25) is 0 Å². The molecule has 0 N–H and O–H groups in total. The molecule has 0 amide bonds. The van der Waals surface area contributed by atoms with Crippen molar-refractivity contribution in [2.24, 2.45) is 0 Å². The van der Waals surface area contributed by atoms with Crippen LogP contribution in [0.3, 0.4) is 0 Å². The first-order valence-electron chi connectivity index (χ1n) is 7.24. The van der Waals surface area contributed by atoms with Crippen LogP contribution in [0.25, 0.3) is 10.8 Å². The molecule has 2 heteroatoms. The lowest BCUT2D eigenvalue weighted by molar-refractivity contribution is 0.301. The molecule has 0 bridgehead atoms. The highest BCUT2D eigenvalue weighted by molar-refractivity contribution is 7.99. The highest BCUT2D eigenvalue weighted by Gasteiger charge is 2.23. The molecule has 0 aliphatic carbocycles. The molecule has 1 nitrogen and oxygen atoms in total. The van der Waals surface area contributed by atoms with Crippen LogP contribution in [0, 0.1) is 0 Å². The van der Waals surface area contributed by atoms with Gasteiger partial charge in [0.25, 0.3) is 0 Å². The Labute approximate surface area is 128 Å². The van der Waals surface area contributed by atoms with Gasteiger partial charge in [-0.25, -0.2) is 0 Å². The summed E-state index contributed by atoms with van der Waals surface area (Å²) in [7, 11) is 0. The Kier molecular flexibility index (Phi) is 3.32. The summed E-state index contributed by atoms with van der Waals surface area (Å²) in [4.78, 5) is 1.41. The standard InChI is InChI=1S/C19H16OS/c1-2-8-16-14(6-1)7-5-10-18(16)20-12-15-13-21-19-11-4-3-9-17(15)19/h1-11,15H,12-13H2. The minimum Gasteiger partial charge on any atom is -0.492 e. The number of hydrogen-bond acceptors (Lipinski definition) is 2. The van der Waals surface area contributed by atoms with Crippen molar-refractivity contribution in [1.82, 2.24) is 0 Å². The molecule has 3 aromatic rings. The molecule has 0 saturated carbocycles.